The third kappa shape index (κ3) is 2.13. The predicted molar refractivity (Wildman–Crippen MR) is 72.0 cm³/mol. The summed E-state index contributed by atoms with van der Waals surface area (Å²) in [5.74, 6) is -1.05. The van der Waals surface area contributed by atoms with Crippen molar-refractivity contribution < 1.29 is 19.4 Å². The Morgan fingerprint density at radius 3 is 2.76 bits per heavy atom. The molecule has 0 radical (unpaired) electrons. The fourth-order valence-corrected chi connectivity index (χ4v) is 2.27. The fourth-order valence-electron chi connectivity index (χ4n) is 2.27. The molecular formula is C13H14N4O4. The predicted octanol–water partition coefficient (Wildman–Crippen LogP) is 1.17. The molecule has 0 atom stereocenters. The van der Waals surface area contributed by atoms with Gasteiger partial charge in [-0.05, 0) is 32.0 Å². The van der Waals surface area contributed by atoms with E-state index in [0.29, 0.717) is 17.6 Å². The Bertz CT molecular complexity index is 737. The number of ether oxygens (including phenoxy) is 1. The molecule has 1 aliphatic heterocycles. The van der Waals surface area contributed by atoms with Crippen LogP contribution in [-0.4, -0.2) is 55.9 Å². The second-order valence-corrected chi connectivity index (χ2v) is 5.51. The minimum absolute atomic E-state index is 0.104. The lowest BCUT2D eigenvalue weighted by molar-refractivity contribution is 0.0697. The number of aromatic carboxylic acids is 1. The Morgan fingerprint density at radius 2 is 2.14 bits per heavy atom. The first-order valence-corrected chi connectivity index (χ1v) is 6.39. The van der Waals surface area contributed by atoms with E-state index < -0.39 is 11.5 Å². The number of carboxylic acid groups (broad SMARTS) is 1. The maximum atomic E-state index is 12.5. The van der Waals surface area contributed by atoms with Gasteiger partial charge in [0.2, 0.25) is 0 Å². The number of hydrogen-bond acceptors (Lipinski definition) is 5. The van der Waals surface area contributed by atoms with Crippen LogP contribution in [0.25, 0.3) is 11.0 Å². The van der Waals surface area contributed by atoms with Gasteiger partial charge in [0.05, 0.1) is 23.2 Å². The molecule has 1 N–H and O–H groups in total. The summed E-state index contributed by atoms with van der Waals surface area (Å²) in [6.07, 6.45) is 0. The van der Waals surface area contributed by atoms with Gasteiger partial charge in [0.25, 0.3) is 0 Å². The number of fused-ring (bicyclic) bond motifs is 1. The average Bonchev–Trinajstić information content (AvgIpc) is 3.00. The molecular weight excluding hydrogens is 276 g/mol. The Labute approximate surface area is 119 Å². The number of rotatable bonds is 1. The van der Waals surface area contributed by atoms with Gasteiger partial charge in [-0.1, -0.05) is 5.21 Å². The molecule has 0 spiro atoms. The molecule has 8 nitrogen and oxygen atoms in total. The van der Waals surface area contributed by atoms with Gasteiger partial charge in [0.15, 0.2) is 0 Å². The molecule has 0 aliphatic carbocycles. The highest BCUT2D eigenvalue weighted by Crippen LogP contribution is 2.23. The fraction of sp³-hybridized carbons (Fsp3) is 0.385. The van der Waals surface area contributed by atoms with E-state index in [2.05, 4.69) is 10.3 Å². The number of nitrogens with zero attached hydrogens (tertiary/aromatic N) is 4. The standard InChI is InChI=1S/C13H14N4O4/c1-13(2)6-21-7-16(13)12(20)17-10-4-3-8(11(18)19)5-9(10)14-15-17/h3-5H,6-7H2,1-2H3,(H,18,19). The summed E-state index contributed by atoms with van der Waals surface area (Å²) in [6.45, 7) is 4.45. The van der Waals surface area contributed by atoms with E-state index in [1.807, 2.05) is 13.8 Å². The molecule has 2 heterocycles. The lowest BCUT2D eigenvalue weighted by Crippen LogP contribution is -2.46. The zero-order chi connectivity index (χ0) is 15.2. The number of carboxylic acids is 1. The SMILES string of the molecule is CC1(C)COCN1C(=O)n1nnc2cc(C(=O)O)ccc21. The summed E-state index contributed by atoms with van der Waals surface area (Å²) in [6, 6.07) is 3.99. The van der Waals surface area contributed by atoms with Gasteiger partial charge in [0, 0.05) is 0 Å². The molecule has 2 aromatic rings. The molecule has 3 rings (SSSR count). The first-order valence-electron chi connectivity index (χ1n) is 6.39. The summed E-state index contributed by atoms with van der Waals surface area (Å²) in [7, 11) is 0. The minimum atomic E-state index is -1.05. The molecule has 1 aromatic heterocycles. The van der Waals surface area contributed by atoms with Crippen molar-refractivity contribution in [2.75, 3.05) is 13.3 Å². The lowest BCUT2D eigenvalue weighted by atomic mass is 10.1. The van der Waals surface area contributed by atoms with E-state index in [4.69, 9.17) is 9.84 Å². The van der Waals surface area contributed by atoms with Crippen LogP contribution in [0.4, 0.5) is 4.79 Å². The zero-order valence-corrected chi connectivity index (χ0v) is 11.6. The average molecular weight is 290 g/mol. The highest BCUT2D eigenvalue weighted by molar-refractivity contribution is 5.94. The Morgan fingerprint density at radius 1 is 1.38 bits per heavy atom. The number of carbonyl (C=O) groups is 2. The third-order valence-electron chi connectivity index (χ3n) is 3.51. The van der Waals surface area contributed by atoms with Gasteiger partial charge in [-0.15, -0.1) is 5.10 Å². The normalized spacial score (nSPS) is 17.3. The summed E-state index contributed by atoms with van der Waals surface area (Å²) in [5, 5.41) is 16.7. The van der Waals surface area contributed by atoms with E-state index in [1.165, 1.54) is 18.2 Å². The van der Waals surface area contributed by atoms with Crippen molar-refractivity contribution in [1.29, 1.82) is 0 Å². The molecule has 21 heavy (non-hydrogen) atoms. The third-order valence-corrected chi connectivity index (χ3v) is 3.51. The molecule has 0 unspecified atom stereocenters. The molecule has 1 aliphatic rings. The zero-order valence-electron chi connectivity index (χ0n) is 11.6. The topological polar surface area (TPSA) is 97.5 Å². The monoisotopic (exact) mass is 290 g/mol. The van der Waals surface area contributed by atoms with Crippen molar-refractivity contribution >= 4 is 23.0 Å². The highest BCUT2D eigenvalue weighted by Gasteiger charge is 2.38. The van der Waals surface area contributed by atoms with Crippen molar-refractivity contribution in [3.8, 4) is 0 Å². The van der Waals surface area contributed by atoms with Crippen molar-refractivity contribution in [3.05, 3.63) is 23.8 Å². The van der Waals surface area contributed by atoms with Gasteiger partial charge in [-0.25, -0.2) is 9.59 Å². The van der Waals surface area contributed by atoms with Crippen LogP contribution in [-0.2, 0) is 4.74 Å². The molecule has 0 bridgehead atoms. The second-order valence-electron chi connectivity index (χ2n) is 5.51. The van der Waals surface area contributed by atoms with Crippen LogP contribution in [0.3, 0.4) is 0 Å². The summed E-state index contributed by atoms with van der Waals surface area (Å²) < 4.78 is 6.48. The largest absolute Gasteiger partial charge is 0.478 e. The van der Waals surface area contributed by atoms with Crippen LogP contribution in [0.5, 0.6) is 0 Å². The van der Waals surface area contributed by atoms with Gasteiger partial charge in [0.1, 0.15) is 12.2 Å². The molecule has 1 aromatic carbocycles. The molecule has 0 saturated carbocycles. The van der Waals surface area contributed by atoms with E-state index in [0.717, 1.165) is 4.68 Å². The molecule has 1 fully saturated rings. The van der Waals surface area contributed by atoms with Crippen LogP contribution >= 0.6 is 0 Å². The first-order chi connectivity index (χ1) is 9.90. The first kappa shape index (κ1) is 13.5. The van der Waals surface area contributed by atoms with Crippen molar-refractivity contribution in [3.63, 3.8) is 0 Å². The van der Waals surface area contributed by atoms with Crippen molar-refractivity contribution in [1.82, 2.24) is 19.9 Å². The maximum Gasteiger partial charge on any atom is 0.349 e. The number of aromatic nitrogens is 3. The second kappa shape index (κ2) is 4.52. The minimum Gasteiger partial charge on any atom is -0.478 e. The van der Waals surface area contributed by atoms with Crippen LogP contribution in [0, 0.1) is 0 Å². The smallest absolute Gasteiger partial charge is 0.349 e. The Hall–Kier alpha value is -2.48. The van der Waals surface area contributed by atoms with Crippen LogP contribution in [0.15, 0.2) is 18.2 Å². The molecule has 1 saturated heterocycles. The summed E-state index contributed by atoms with van der Waals surface area (Å²) in [4.78, 5) is 25.0. The number of benzene rings is 1. The van der Waals surface area contributed by atoms with Crippen molar-refractivity contribution in [2.45, 2.75) is 19.4 Å². The van der Waals surface area contributed by atoms with E-state index in [-0.39, 0.29) is 18.3 Å². The Kier molecular flexibility index (Phi) is 2.91. The van der Waals surface area contributed by atoms with Crippen LogP contribution in [0.2, 0.25) is 0 Å². The summed E-state index contributed by atoms with van der Waals surface area (Å²) >= 11 is 0. The molecule has 8 heteroatoms. The van der Waals surface area contributed by atoms with Crippen LogP contribution < -0.4 is 0 Å². The van der Waals surface area contributed by atoms with E-state index in [1.54, 1.807) is 4.90 Å². The van der Waals surface area contributed by atoms with E-state index >= 15 is 0 Å². The van der Waals surface area contributed by atoms with Gasteiger partial charge in [-0.3, -0.25) is 4.90 Å². The number of amides is 1. The van der Waals surface area contributed by atoms with Crippen molar-refractivity contribution in [2.24, 2.45) is 0 Å². The summed E-state index contributed by atoms with van der Waals surface area (Å²) in [5.41, 5.74) is 0.511. The lowest BCUT2D eigenvalue weighted by Gasteiger charge is -2.28. The van der Waals surface area contributed by atoms with Crippen LogP contribution in [0.1, 0.15) is 24.2 Å². The molecule has 110 valence electrons. The highest BCUT2D eigenvalue weighted by atomic mass is 16.5. The quantitative estimate of drug-likeness (QED) is 0.846. The number of hydrogen-bond donors (Lipinski definition) is 1. The van der Waals surface area contributed by atoms with Gasteiger partial charge in [-0.2, -0.15) is 4.68 Å². The van der Waals surface area contributed by atoms with Gasteiger partial charge < -0.3 is 9.84 Å². The maximum absolute atomic E-state index is 12.5. The number of carbonyl (C=O) groups excluding carboxylic acids is 1. The molecule has 1 amide bonds. The van der Waals surface area contributed by atoms with E-state index in [9.17, 15) is 9.59 Å². The van der Waals surface area contributed by atoms with Gasteiger partial charge >= 0.3 is 12.0 Å². The Balaban J connectivity index is 2.01.